The number of Topliss-reactive ketones (excluding diaryl/α,β-unsaturated/α-hetero) is 1. The van der Waals surface area contributed by atoms with Crippen molar-refractivity contribution < 1.29 is 13.2 Å². The van der Waals surface area contributed by atoms with Gasteiger partial charge in [0.2, 0.25) is 5.78 Å². The van der Waals surface area contributed by atoms with Gasteiger partial charge in [-0.1, -0.05) is 57.9 Å². The number of anilines is 1. The van der Waals surface area contributed by atoms with Crippen molar-refractivity contribution in [1.29, 1.82) is 0 Å². The molecular formula is C24H19BrN2O3S. The van der Waals surface area contributed by atoms with E-state index in [1.165, 1.54) is 18.2 Å². The van der Waals surface area contributed by atoms with Crippen LogP contribution >= 0.6 is 15.9 Å². The van der Waals surface area contributed by atoms with E-state index in [0.717, 1.165) is 21.3 Å². The molecule has 31 heavy (non-hydrogen) atoms. The number of hydrogen-bond acceptors (Lipinski definition) is 4. The minimum Gasteiger partial charge on any atom is -0.352 e. The van der Waals surface area contributed by atoms with Crippen LogP contribution < -0.4 is 5.32 Å². The Bertz CT molecular complexity index is 1360. The third-order valence-corrected chi connectivity index (χ3v) is 6.79. The minimum atomic E-state index is -3.96. The number of hydrogen-bond donors (Lipinski definition) is 1. The molecule has 0 aromatic heterocycles. The van der Waals surface area contributed by atoms with E-state index in [9.17, 15) is 13.2 Å². The fourth-order valence-electron chi connectivity index (χ4n) is 3.39. The van der Waals surface area contributed by atoms with Crippen LogP contribution in [-0.4, -0.2) is 19.9 Å². The molecule has 5 nitrogen and oxygen atoms in total. The van der Waals surface area contributed by atoms with Gasteiger partial charge in [0.25, 0.3) is 10.0 Å². The van der Waals surface area contributed by atoms with E-state index in [1.54, 1.807) is 36.4 Å². The number of nitrogens with one attached hydrogen (secondary N) is 1. The van der Waals surface area contributed by atoms with Crippen molar-refractivity contribution >= 4 is 43.1 Å². The summed E-state index contributed by atoms with van der Waals surface area (Å²) < 4.78 is 30.7. The van der Waals surface area contributed by atoms with Crippen molar-refractivity contribution in [3.8, 4) is 0 Å². The summed E-state index contributed by atoms with van der Waals surface area (Å²) in [5.41, 5.74) is 4.25. The first-order valence-corrected chi connectivity index (χ1v) is 11.8. The fraction of sp³-hybridized carbons (Fsp3) is 0.0833. The average molecular weight is 495 g/mol. The van der Waals surface area contributed by atoms with E-state index in [2.05, 4.69) is 25.6 Å². The molecule has 0 atom stereocenters. The Labute approximate surface area is 189 Å². The molecule has 0 radical (unpaired) electrons. The highest BCUT2D eigenvalue weighted by Crippen LogP contribution is 2.26. The second-order valence-corrected chi connectivity index (χ2v) is 9.80. The first-order valence-electron chi connectivity index (χ1n) is 9.55. The maximum absolute atomic E-state index is 13.1. The molecular weight excluding hydrogens is 476 g/mol. The summed E-state index contributed by atoms with van der Waals surface area (Å²) in [5, 5.41) is 3.16. The zero-order chi connectivity index (χ0) is 22.2. The predicted molar refractivity (Wildman–Crippen MR) is 126 cm³/mol. The second kappa shape index (κ2) is 8.24. The lowest BCUT2D eigenvalue weighted by atomic mass is 9.92. The third kappa shape index (κ3) is 4.38. The molecule has 0 bridgehead atoms. The Balaban J connectivity index is 1.82. The summed E-state index contributed by atoms with van der Waals surface area (Å²) in [6.07, 6.45) is 1.50. The molecule has 7 heteroatoms. The third-order valence-electron chi connectivity index (χ3n) is 4.95. The molecule has 0 fully saturated rings. The Morgan fingerprint density at radius 3 is 2.26 bits per heavy atom. The molecule has 0 saturated carbocycles. The first kappa shape index (κ1) is 21.2. The van der Waals surface area contributed by atoms with Gasteiger partial charge in [-0.2, -0.15) is 12.8 Å². The quantitative estimate of drug-likeness (QED) is 0.524. The Hall–Kier alpha value is -3.03. The highest BCUT2D eigenvalue weighted by Gasteiger charge is 2.26. The molecule has 1 N–H and O–H groups in total. The minimum absolute atomic E-state index is 0.0786. The molecule has 156 valence electrons. The molecule has 0 saturated heterocycles. The second-order valence-electron chi connectivity index (χ2n) is 7.28. The number of ketones is 1. The van der Waals surface area contributed by atoms with Gasteiger partial charge in [0.1, 0.15) is 0 Å². The van der Waals surface area contributed by atoms with Crippen molar-refractivity contribution in [2.75, 3.05) is 5.32 Å². The smallest absolute Gasteiger partial charge is 0.282 e. The highest BCUT2D eigenvalue weighted by molar-refractivity contribution is 9.10. The number of carbonyl (C=O) groups excluding carboxylic acids is 1. The first-order chi connectivity index (χ1) is 14.7. The zero-order valence-corrected chi connectivity index (χ0v) is 19.3. The Morgan fingerprint density at radius 1 is 0.903 bits per heavy atom. The van der Waals surface area contributed by atoms with Crippen LogP contribution in [-0.2, 0) is 10.0 Å². The lowest BCUT2D eigenvalue weighted by Gasteiger charge is -2.19. The standard InChI is InChI=1S/C24H19BrN2O3S/c1-15-7-12-21(16(2)13-15)26-23-14-22(19-5-3-4-6-20(19)24(23)28)27-31(29,30)18-10-8-17(25)9-11-18/h3-14,26H,1-2H3. The van der Waals surface area contributed by atoms with Gasteiger partial charge in [0.05, 0.1) is 16.3 Å². The molecule has 3 aromatic carbocycles. The number of allylic oxidation sites excluding steroid dienone is 2. The number of halogens is 1. The van der Waals surface area contributed by atoms with Gasteiger partial charge < -0.3 is 5.32 Å². The van der Waals surface area contributed by atoms with Gasteiger partial charge in [0.15, 0.2) is 0 Å². The molecule has 0 amide bonds. The molecule has 0 spiro atoms. The summed E-state index contributed by atoms with van der Waals surface area (Å²) in [7, 11) is -3.96. The van der Waals surface area contributed by atoms with Gasteiger partial charge in [-0.05, 0) is 55.8 Å². The fourth-order valence-corrected chi connectivity index (χ4v) is 4.65. The molecule has 0 aliphatic heterocycles. The Morgan fingerprint density at radius 2 is 1.58 bits per heavy atom. The number of rotatable bonds is 4. The van der Waals surface area contributed by atoms with Crippen LogP contribution in [0.5, 0.6) is 0 Å². The van der Waals surface area contributed by atoms with Crippen LogP contribution in [0.25, 0.3) is 0 Å². The van der Waals surface area contributed by atoms with Gasteiger partial charge in [-0.3, -0.25) is 4.79 Å². The van der Waals surface area contributed by atoms with Crippen molar-refractivity contribution in [3.63, 3.8) is 0 Å². The molecule has 0 heterocycles. The van der Waals surface area contributed by atoms with Crippen LogP contribution in [0.2, 0.25) is 0 Å². The van der Waals surface area contributed by atoms with Gasteiger partial charge in [-0.25, -0.2) is 0 Å². The molecule has 0 unspecified atom stereocenters. The normalized spacial score (nSPS) is 14.9. The van der Waals surface area contributed by atoms with Crippen molar-refractivity contribution in [2.24, 2.45) is 4.40 Å². The maximum Gasteiger partial charge on any atom is 0.282 e. The Kier molecular flexibility index (Phi) is 5.64. The van der Waals surface area contributed by atoms with Crippen LogP contribution in [0.3, 0.4) is 0 Å². The monoisotopic (exact) mass is 494 g/mol. The van der Waals surface area contributed by atoms with Gasteiger partial charge in [-0.15, -0.1) is 0 Å². The van der Waals surface area contributed by atoms with Gasteiger partial charge in [0, 0.05) is 21.3 Å². The zero-order valence-electron chi connectivity index (χ0n) is 16.9. The molecule has 4 rings (SSSR count). The highest BCUT2D eigenvalue weighted by atomic mass is 79.9. The molecule has 1 aliphatic carbocycles. The average Bonchev–Trinajstić information content (AvgIpc) is 2.73. The van der Waals surface area contributed by atoms with Crippen LogP contribution in [0.4, 0.5) is 5.69 Å². The van der Waals surface area contributed by atoms with E-state index in [0.29, 0.717) is 11.1 Å². The summed E-state index contributed by atoms with van der Waals surface area (Å²) in [4.78, 5) is 13.2. The lowest BCUT2D eigenvalue weighted by molar-refractivity contribution is 0.103. The molecule has 1 aliphatic rings. The SMILES string of the molecule is Cc1ccc(NC2=CC(=NS(=O)(=O)c3ccc(Br)cc3)c3ccccc3C2=O)c(C)c1. The number of aryl methyl sites for hydroxylation is 2. The molecule has 3 aromatic rings. The largest absolute Gasteiger partial charge is 0.352 e. The number of benzene rings is 3. The summed E-state index contributed by atoms with van der Waals surface area (Å²) in [6, 6.07) is 19.0. The number of sulfonamides is 1. The summed E-state index contributed by atoms with van der Waals surface area (Å²) in [6.45, 7) is 3.94. The number of carbonyl (C=O) groups is 1. The van der Waals surface area contributed by atoms with Crippen molar-refractivity contribution in [2.45, 2.75) is 18.7 Å². The van der Waals surface area contributed by atoms with Crippen molar-refractivity contribution in [1.82, 2.24) is 0 Å². The van der Waals surface area contributed by atoms with E-state index in [1.807, 2.05) is 32.0 Å². The lowest BCUT2D eigenvalue weighted by Crippen LogP contribution is -2.23. The van der Waals surface area contributed by atoms with E-state index >= 15 is 0 Å². The van der Waals surface area contributed by atoms with Crippen LogP contribution in [0, 0.1) is 13.8 Å². The topological polar surface area (TPSA) is 75.6 Å². The van der Waals surface area contributed by atoms with Crippen LogP contribution in [0.1, 0.15) is 27.0 Å². The van der Waals surface area contributed by atoms with E-state index < -0.39 is 10.0 Å². The van der Waals surface area contributed by atoms with Crippen LogP contribution in [0.15, 0.2) is 92.3 Å². The van der Waals surface area contributed by atoms with Crippen molar-refractivity contribution in [3.05, 3.63) is 105 Å². The summed E-state index contributed by atoms with van der Waals surface area (Å²) in [5.74, 6) is -0.212. The van der Waals surface area contributed by atoms with E-state index in [4.69, 9.17) is 0 Å². The maximum atomic E-state index is 13.1. The number of nitrogens with zero attached hydrogens (tertiary/aromatic N) is 1. The number of fused-ring (bicyclic) bond motifs is 1. The van der Waals surface area contributed by atoms with E-state index in [-0.39, 0.29) is 22.1 Å². The summed E-state index contributed by atoms with van der Waals surface area (Å²) >= 11 is 3.30. The van der Waals surface area contributed by atoms with Gasteiger partial charge >= 0.3 is 0 Å². The predicted octanol–water partition coefficient (Wildman–Crippen LogP) is 5.44.